The van der Waals surface area contributed by atoms with Crippen molar-refractivity contribution in [3.63, 3.8) is 0 Å². The highest BCUT2D eigenvalue weighted by Gasteiger charge is 2.25. The summed E-state index contributed by atoms with van der Waals surface area (Å²) in [5, 5.41) is 1.39. The average molecular weight is 344 g/mol. The number of thiol groups is 1. The third kappa shape index (κ3) is 6.51. The highest BCUT2D eigenvalue weighted by molar-refractivity contribution is 9.11. The summed E-state index contributed by atoms with van der Waals surface area (Å²) in [6.45, 7) is 1.52. The van der Waals surface area contributed by atoms with Crippen LogP contribution in [0.3, 0.4) is 0 Å². The molecule has 0 amide bonds. The van der Waals surface area contributed by atoms with Crippen LogP contribution >= 0.6 is 28.6 Å². The molecule has 0 aromatic rings. The van der Waals surface area contributed by atoms with E-state index in [0.29, 0.717) is 5.76 Å². The fourth-order valence-electron chi connectivity index (χ4n) is 1.26. The van der Waals surface area contributed by atoms with Crippen molar-refractivity contribution in [3.8, 4) is 0 Å². The SMILES string of the molecule is CC1(S)C=CC(OCCNC(F)(F)F)=CC(Br)=C1. The molecule has 0 aliphatic heterocycles. The number of alkyl halides is 3. The molecule has 0 saturated carbocycles. The van der Waals surface area contributed by atoms with E-state index in [1.807, 2.05) is 13.0 Å². The normalized spacial score (nSPS) is 24.3. The molecule has 1 aliphatic rings. The molecule has 0 fully saturated rings. The van der Waals surface area contributed by atoms with Gasteiger partial charge in [0.15, 0.2) is 0 Å². The van der Waals surface area contributed by atoms with E-state index in [1.54, 1.807) is 18.2 Å². The van der Waals surface area contributed by atoms with E-state index in [9.17, 15) is 13.2 Å². The molecule has 102 valence electrons. The zero-order chi connectivity index (χ0) is 13.8. The summed E-state index contributed by atoms with van der Waals surface area (Å²) >= 11 is 7.71. The van der Waals surface area contributed by atoms with E-state index in [4.69, 9.17) is 4.74 Å². The summed E-state index contributed by atoms with van der Waals surface area (Å²) in [5.74, 6) is 0.486. The maximum absolute atomic E-state index is 11.8. The van der Waals surface area contributed by atoms with Crippen molar-refractivity contribution in [3.05, 3.63) is 34.5 Å². The van der Waals surface area contributed by atoms with Crippen LogP contribution in [0.1, 0.15) is 6.92 Å². The molecule has 1 rings (SSSR count). The number of hydrogen-bond donors (Lipinski definition) is 2. The fourth-order valence-corrected chi connectivity index (χ4v) is 2.35. The molecule has 18 heavy (non-hydrogen) atoms. The van der Waals surface area contributed by atoms with Crippen LogP contribution in [0.4, 0.5) is 13.2 Å². The number of halogens is 4. The summed E-state index contributed by atoms with van der Waals surface area (Å²) in [6, 6.07) is 0. The van der Waals surface area contributed by atoms with Gasteiger partial charge in [0.1, 0.15) is 12.4 Å². The van der Waals surface area contributed by atoms with Crippen LogP contribution in [0, 0.1) is 0 Å². The lowest BCUT2D eigenvalue weighted by molar-refractivity contribution is -0.158. The van der Waals surface area contributed by atoms with Gasteiger partial charge in [-0.2, -0.15) is 25.8 Å². The van der Waals surface area contributed by atoms with Crippen molar-refractivity contribution in [1.82, 2.24) is 5.32 Å². The molecule has 7 heteroatoms. The van der Waals surface area contributed by atoms with E-state index < -0.39 is 11.0 Å². The van der Waals surface area contributed by atoms with Gasteiger partial charge in [0.2, 0.25) is 0 Å². The third-order valence-electron chi connectivity index (χ3n) is 1.99. The fraction of sp³-hybridized carbons (Fsp3) is 0.455. The molecule has 1 aliphatic carbocycles. The molecular weight excluding hydrogens is 331 g/mol. The monoisotopic (exact) mass is 343 g/mol. The average Bonchev–Trinajstić information content (AvgIpc) is 2.30. The summed E-state index contributed by atoms with van der Waals surface area (Å²) in [5.41, 5.74) is 0. The van der Waals surface area contributed by atoms with Gasteiger partial charge >= 0.3 is 6.30 Å². The van der Waals surface area contributed by atoms with Crippen LogP contribution in [0.25, 0.3) is 0 Å². The zero-order valence-electron chi connectivity index (χ0n) is 9.59. The first-order valence-corrected chi connectivity index (χ1v) is 6.38. The molecule has 0 heterocycles. The van der Waals surface area contributed by atoms with Crippen LogP contribution in [0.2, 0.25) is 0 Å². The Balaban J connectivity index is 2.47. The molecule has 1 unspecified atom stereocenters. The van der Waals surface area contributed by atoms with Gasteiger partial charge in [0.25, 0.3) is 0 Å². The largest absolute Gasteiger partial charge is 0.492 e. The van der Waals surface area contributed by atoms with Gasteiger partial charge in [-0.3, -0.25) is 0 Å². The van der Waals surface area contributed by atoms with E-state index in [1.165, 1.54) is 5.32 Å². The highest BCUT2D eigenvalue weighted by Crippen LogP contribution is 2.27. The summed E-state index contributed by atoms with van der Waals surface area (Å²) in [6.07, 6.45) is 2.66. The maximum atomic E-state index is 11.8. The van der Waals surface area contributed by atoms with Crippen molar-refractivity contribution in [2.24, 2.45) is 0 Å². The van der Waals surface area contributed by atoms with Gasteiger partial charge < -0.3 is 4.74 Å². The van der Waals surface area contributed by atoms with Gasteiger partial charge in [-0.05, 0) is 19.1 Å². The zero-order valence-corrected chi connectivity index (χ0v) is 12.1. The number of rotatable bonds is 4. The highest BCUT2D eigenvalue weighted by atomic mass is 79.9. The van der Waals surface area contributed by atoms with Crippen molar-refractivity contribution < 1.29 is 17.9 Å². The maximum Gasteiger partial charge on any atom is 0.457 e. The van der Waals surface area contributed by atoms with Crippen molar-refractivity contribution in [2.45, 2.75) is 18.0 Å². The van der Waals surface area contributed by atoms with Crippen LogP contribution in [-0.2, 0) is 4.74 Å². The van der Waals surface area contributed by atoms with E-state index in [-0.39, 0.29) is 13.2 Å². The van der Waals surface area contributed by atoms with Crippen LogP contribution in [0.15, 0.2) is 34.5 Å². The minimum Gasteiger partial charge on any atom is -0.492 e. The Labute approximate surface area is 117 Å². The standard InChI is InChI=1S/C11H13BrF3NOS/c1-10(18)3-2-9(6-8(12)7-10)17-5-4-16-11(13,14)15/h2-3,6-7,16,18H,4-5H2,1H3. The Morgan fingerprint density at radius 2 is 2.17 bits per heavy atom. The summed E-state index contributed by atoms with van der Waals surface area (Å²) in [4.78, 5) is 0. The topological polar surface area (TPSA) is 21.3 Å². The minimum atomic E-state index is -4.37. The number of ether oxygens (including phenoxy) is 1. The molecule has 0 saturated heterocycles. The van der Waals surface area contributed by atoms with Gasteiger partial charge in [-0.1, -0.05) is 28.1 Å². The predicted octanol–water partition coefficient (Wildman–Crippen LogP) is 3.53. The first-order valence-electron chi connectivity index (χ1n) is 5.14. The quantitative estimate of drug-likeness (QED) is 0.463. The number of allylic oxidation sites excluding steroid dienone is 3. The van der Waals surface area contributed by atoms with Crippen LogP contribution in [-0.4, -0.2) is 24.2 Å². The molecule has 0 spiro atoms. The molecule has 2 nitrogen and oxygen atoms in total. The van der Waals surface area contributed by atoms with E-state index in [0.717, 1.165) is 4.48 Å². The first kappa shape index (κ1) is 15.7. The third-order valence-corrected chi connectivity index (χ3v) is 2.73. The van der Waals surface area contributed by atoms with Gasteiger partial charge in [-0.15, -0.1) is 0 Å². The summed E-state index contributed by atoms with van der Waals surface area (Å²) < 4.78 is 41.1. The van der Waals surface area contributed by atoms with Gasteiger partial charge in [-0.25, -0.2) is 5.32 Å². The molecule has 0 bridgehead atoms. The molecular formula is C11H13BrF3NOS. The Morgan fingerprint density at radius 1 is 1.50 bits per heavy atom. The van der Waals surface area contributed by atoms with Crippen LogP contribution in [0.5, 0.6) is 0 Å². The number of nitrogens with one attached hydrogen (secondary N) is 1. The first-order chi connectivity index (χ1) is 8.18. The van der Waals surface area contributed by atoms with Crippen molar-refractivity contribution in [1.29, 1.82) is 0 Å². The molecule has 0 aromatic carbocycles. The predicted molar refractivity (Wildman–Crippen MR) is 71.6 cm³/mol. The minimum absolute atomic E-state index is 0.0702. The lowest BCUT2D eigenvalue weighted by Crippen LogP contribution is -2.34. The Bertz CT molecular complexity index is 388. The van der Waals surface area contributed by atoms with E-state index in [2.05, 4.69) is 28.6 Å². The van der Waals surface area contributed by atoms with Crippen molar-refractivity contribution >= 4 is 28.6 Å². The molecule has 0 aromatic heterocycles. The second kappa shape index (κ2) is 6.16. The van der Waals surface area contributed by atoms with Gasteiger partial charge in [0, 0.05) is 15.8 Å². The Hall–Kier alpha value is -0.400. The Morgan fingerprint density at radius 3 is 2.78 bits per heavy atom. The smallest absolute Gasteiger partial charge is 0.457 e. The molecule has 0 radical (unpaired) electrons. The van der Waals surface area contributed by atoms with Crippen molar-refractivity contribution in [2.75, 3.05) is 13.2 Å². The second-order valence-electron chi connectivity index (χ2n) is 3.91. The lowest BCUT2D eigenvalue weighted by atomic mass is 10.1. The van der Waals surface area contributed by atoms with Gasteiger partial charge in [0.05, 0.1) is 0 Å². The van der Waals surface area contributed by atoms with E-state index >= 15 is 0 Å². The number of hydrogen-bond acceptors (Lipinski definition) is 3. The molecule has 1 N–H and O–H groups in total. The lowest BCUT2D eigenvalue weighted by Gasteiger charge is -2.12. The summed E-state index contributed by atoms with van der Waals surface area (Å²) in [7, 11) is 0. The van der Waals surface area contributed by atoms with Crippen LogP contribution < -0.4 is 5.32 Å². The molecule has 1 atom stereocenters. The second-order valence-corrected chi connectivity index (χ2v) is 5.79. The Kier molecular flexibility index (Phi) is 5.36.